The Labute approximate surface area is 543 Å². The van der Waals surface area contributed by atoms with Crippen LogP contribution in [-0.4, -0.2) is 21.7 Å². The van der Waals surface area contributed by atoms with Gasteiger partial charge in [0.2, 0.25) is 0 Å². The van der Waals surface area contributed by atoms with Gasteiger partial charge in [-0.1, -0.05) is 238 Å². The number of rotatable bonds is 14. The van der Waals surface area contributed by atoms with Gasteiger partial charge in [0.05, 0.1) is 11.0 Å². The van der Waals surface area contributed by atoms with E-state index in [1.165, 1.54) is 72.0 Å². The van der Waals surface area contributed by atoms with Crippen molar-refractivity contribution in [3.8, 4) is 83.6 Å². The van der Waals surface area contributed by atoms with Gasteiger partial charge >= 0.3 is 7.12 Å². The summed E-state index contributed by atoms with van der Waals surface area (Å²) in [6, 6.07) is 122. The maximum absolute atomic E-state index is 9.90. The molecule has 0 saturated heterocycles. The summed E-state index contributed by atoms with van der Waals surface area (Å²) < 4.78 is 2.42. The van der Waals surface area contributed by atoms with Crippen molar-refractivity contribution >= 4 is 68.5 Å². The second-order valence-corrected chi connectivity index (χ2v) is 24.7. The molecule has 1 heterocycles. The molecule has 0 unspecified atom stereocenters. The molecular formula is C87H64BN3O2. The van der Waals surface area contributed by atoms with Crippen LogP contribution < -0.4 is 15.3 Å². The van der Waals surface area contributed by atoms with Crippen LogP contribution in [0.15, 0.2) is 340 Å². The van der Waals surface area contributed by atoms with Gasteiger partial charge in [0.1, 0.15) is 0 Å². The summed E-state index contributed by atoms with van der Waals surface area (Å²) in [4.78, 5) is 4.55. The van der Waals surface area contributed by atoms with E-state index >= 15 is 0 Å². The molecule has 0 saturated carbocycles. The molecule has 15 aromatic rings. The lowest BCUT2D eigenvalue weighted by Gasteiger charge is -2.26. The van der Waals surface area contributed by atoms with E-state index < -0.39 is 7.12 Å². The summed E-state index contributed by atoms with van der Waals surface area (Å²) >= 11 is 0. The monoisotopic (exact) mass is 1190 g/mol. The average Bonchev–Trinajstić information content (AvgIpc) is 1.57. The topological polar surface area (TPSA) is 51.9 Å². The van der Waals surface area contributed by atoms with E-state index in [2.05, 4.69) is 338 Å². The van der Waals surface area contributed by atoms with Gasteiger partial charge in [-0.25, -0.2) is 0 Å². The Balaban J connectivity index is 0.670. The number of aromatic nitrogens is 1. The Morgan fingerprint density at radius 2 is 0.559 bits per heavy atom. The van der Waals surface area contributed by atoms with E-state index in [0.717, 1.165) is 78.6 Å². The zero-order valence-corrected chi connectivity index (χ0v) is 51.6. The van der Waals surface area contributed by atoms with Gasteiger partial charge in [0, 0.05) is 56.0 Å². The van der Waals surface area contributed by atoms with Crippen molar-refractivity contribution < 1.29 is 10.0 Å². The van der Waals surface area contributed by atoms with Crippen molar-refractivity contribution in [2.24, 2.45) is 0 Å². The van der Waals surface area contributed by atoms with Crippen molar-refractivity contribution in [3.05, 3.63) is 351 Å². The van der Waals surface area contributed by atoms with Gasteiger partial charge in [-0.3, -0.25) is 0 Å². The highest BCUT2D eigenvalue weighted by atomic mass is 16.4. The fraction of sp³-hybridized carbons (Fsp3) is 0.0345. The van der Waals surface area contributed by atoms with Gasteiger partial charge in [-0.15, -0.1) is 0 Å². The van der Waals surface area contributed by atoms with Gasteiger partial charge in [0.25, 0.3) is 0 Å². The lowest BCUT2D eigenvalue weighted by molar-refractivity contribution is 0.426. The summed E-state index contributed by atoms with van der Waals surface area (Å²) in [5.41, 5.74) is 29.0. The lowest BCUT2D eigenvalue weighted by atomic mass is 9.80. The highest BCUT2D eigenvalue weighted by Gasteiger charge is 2.36. The third kappa shape index (κ3) is 10.6. The van der Waals surface area contributed by atoms with Crippen LogP contribution in [0.5, 0.6) is 0 Å². The van der Waals surface area contributed by atoms with E-state index in [9.17, 15) is 10.0 Å². The molecule has 0 fully saturated rings. The van der Waals surface area contributed by atoms with Gasteiger partial charge in [-0.05, 0) is 210 Å². The smallest absolute Gasteiger partial charge is 0.423 e. The number of hydrogen-bond acceptors (Lipinski definition) is 4. The predicted octanol–water partition coefficient (Wildman–Crippen LogP) is 21.7. The molecule has 16 rings (SSSR count). The first-order valence-corrected chi connectivity index (χ1v) is 31.8. The first kappa shape index (κ1) is 56.7. The molecule has 0 spiro atoms. The highest BCUT2D eigenvalue weighted by Crippen LogP contribution is 2.51. The van der Waals surface area contributed by atoms with Gasteiger partial charge < -0.3 is 24.4 Å². The summed E-state index contributed by atoms with van der Waals surface area (Å²) in [6.45, 7) is 4.76. The second-order valence-electron chi connectivity index (χ2n) is 24.7. The second kappa shape index (κ2) is 23.7. The molecule has 0 amide bonds. The molecule has 1 aromatic heterocycles. The number of benzene rings is 14. The van der Waals surface area contributed by atoms with E-state index in [1.54, 1.807) is 12.1 Å². The highest BCUT2D eigenvalue weighted by molar-refractivity contribution is 6.58. The first-order valence-electron chi connectivity index (χ1n) is 31.8. The first-order chi connectivity index (χ1) is 45.7. The fourth-order valence-electron chi connectivity index (χ4n) is 14.0. The minimum atomic E-state index is -1.54. The molecule has 0 atom stereocenters. The van der Waals surface area contributed by atoms with Crippen LogP contribution in [0.1, 0.15) is 25.0 Å². The van der Waals surface area contributed by atoms with E-state index in [1.807, 2.05) is 18.2 Å². The van der Waals surface area contributed by atoms with Crippen LogP contribution in [0.2, 0.25) is 0 Å². The molecule has 2 N–H and O–H groups in total. The minimum absolute atomic E-state index is 0.208. The average molecular weight is 1190 g/mol. The SMILES string of the molecule is CC1(C)c2cc(-c3ccc(N(c4ccc(-c5ccccc5)cc4)c4ccc(-c5cccc(-c6cccc(-c7ccc(N(c8ccc(B(O)O)cc8)c8ccc(-c9ccccc9)cc8)cc7)c6)c5)cc4)cc3)ccc2-c2ccc(-n3c4ccccc4c4ccccc43)cc21. The van der Waals surface area contributed by atoms with Gasteiger partial charge in [-0.2, -0.15) is 0 Å². The third-order valence-electron chi connectivity index (χ3n) is 18.8. The van der Waals surface area contributed by atoms with Crippen LogP contribution in [0.25, 0.3) is 105 Å². The maximum Gasteiger partial charge on any atom is 0.488 e. The number of nitrogens with zero attached hydrogens (tertiary/aromatic N) is 3. The summed E-state index contributed by atoms with van der Waals surface area (Å²) in [7, 11) is -1.54. The molecule has 93 heavy (non-hydrogen) atoms. The molecule has 1 aliphatic rings. The summed E-state index contributed by atoms with van der Waals surface area (Å²) in [5, 5.41) is 22.3. The number of anilines is 6. The largest absolute Gasteiger partial charge is 0.488 e. The number of hydrogen-bond donors (Lipinski definition) is 2. The summed E-state index contributed by atoms with van der Waals surface area (Å²) in [6.07, 6.45) is 0. The minimum Gasteiger partial charge on any atom is -0.423 e. The van der Waals surface area contributed by atoms with Crippen LogP contribution in [0, 0.1) is 0 Å². The van der Waals surface area contributed by atoms with Gasteiger partial charge in [0.15, 0.2) is 0 Å². The number of fused-ring (bicyclic) bond motifs is 6. The fourth-order valence-corrected chi connectivity index (χ4v) is 14.0. The van der Waals surface area contributed by atoms with Crippen LogP contribution in [-0.2, 0) is 5.41 Å². The zero-order chi connectivity index (χ0) is 62.6. The van der Waals surface area contributed by atoms with Crippen LogP contribution in [0.3, 0.4) is 0 Å². The van der Waals surface area contributed by atoms with Crippen molar-refractivity contribution in [2.45, 2.75) is 19.3 Å². The Morgan fingerprint density at radius 1 is 0.269 bits per heavy atom. The molecule has 1 aliphatic carbocycles. The van der Waals surface area contributed by atoms with E-state index in [4.69, 9.17) is 0 Å². The third-order valence-corrected chi connectivity index (χ3v) is 18.8. The van der Waals surface area contributed by atoms with Crippen molar-refractivity contribution in [3.63, 3.8) is 0 Å². The van der Waals surface area contributed by atoms with Crippen molar-refractivity contribution in [1.82, 2.24) is 4.57 Å². The Hall–Kier alpha value is -11.5. The molecule has 0 bridgehead atoms. The Bertz CT molecular complexity index is 5170. The number of para-hydroxylation sites is 2. The molecule has 0 aliphatic heterocycles. The molecule has 442 valence electrons. The van der Waals surface area contributed by atoms with Crippen LogP contribution in [0.4, 0.5) is 34.1 Å². The zero-order valence-electron chi connectivity index (χ0n) is 51.6. The lowest BCUT2D eigenvalue weighted by Crippen LogP contribution is -2.29. The molecule has 14 aromatic carbocycles. The normalized spacial score (nSPS) is 12.2. The van der Waals surface area contributed by atoms with E-state index in [0.29, 0.717) is 5.46 Å². The maximum atomic E-state index is 9.90. The molecule has 5 nitrogen and oxygen atoms in total. The Morgan fingerprint density at radius 3 is 0.957 bits per heavy atom. The van der Waals surface area contributed by atoms with Crippen molar-refractivity contribution in [2.75, 3.05) is 9.80 Å². The van der Waals surface area contributed by atoms with E-state index in [-0.39, 0.29) is 5.41 Å². The standard InChI is InChI=1S/C87H64BN3O2/c1-87(2)83-57-70(37-53-79(83)80-54-52-78(58-84(80)87)91-85-25-11-9-23-81(85)82-24-10-12-26-86(82)91)65-35-48-75(49-36-65)89(72-40-27-61(28-41-72)59-15-5-3-6-16-59)74-44-31-63(32-45-74)66-19-13-21-68(55-66)69-22-14-20-67(56-69)64-33-46-76(47-34-64)90(77-50-38-71(39-51-77)88(92)93)73-42-29-62(30-43-73)60-17-7-4-8-18-60/h3-58,92-93H,1-2H3. The Kier molecular flexibility index (Phi) is 14.4. The predicted molar refractivity (Wildman–Crippen MR) is 390 cm³/mol. The molecule has 0 radical (unpaired) electrons. The summed E-state index contributed by atoms with van der Waals surface area (Å²) in [5.74, 6) is 0. The molecule has 6 heteroatoms. The molecular weight excluding hydrogens is 1130 g/mol. The van der Waals surface area contributed by atoms with Crippen molar-refractivity contribution in [1.29, 1.82) is 0 Å². The quantitative estimate of drug-likeness (QED) is 0.107. The van der Waals surface area contributed by atoms with Crippen LogP contribution >= 0.6 is 0 Å².